The van der Waals surface area contributed by atoms with Crippen LogP contribution < -0.4 is 9.97 Å². The van der Waals surface area contributed by atoms with E-state index in [-0.39, 0.29) is 17.1 Å². The number of nitrogens with zero attached hydrogens (tertiary/aromatic N) is 6. The van der Waals surface area contributed by atoms with Crippen molar-refractivity contribution < 1.29 is 17.1 Å². The van der Waals surface area contributed by atoms with Gasteiger partial charge in [0.2, 0.25) is 0 Å². The minimum atomic E-state index is 0. The first-order valence-corrected chi connectivity index (χ1v) is 19.5. The molecule has 0 spiro atoms. The minimum Gasteiger partial charge on any atom is -0.435 e. The second-order valence-electron chi connectivity index (χ2n) is 13.5. The van der Waals surface area contributed by atoms with Gasteiger partial charge in [0.1, 0.15) is 0 Å². The zero-order chi connectivity index (χ0) is 36.5. The van der Waals surface area contributed by atoms with E-state index < -0.39 is 0 Å². The first-order valence-electron chi connectivity index (χ1n) is 19.5. The van der Waals surface area contributed by atoms with E-state index in [1.54, 1.807) is 0 Å². The van der Waals surface area contributed by atoms with Crippen molar-refractivity contribution in [2.75, 3.05) is 0 Å². The van der Waals surface area contributed by atoms with E-state index in [1.807, 2.05) is 0 Å². The number of aromatic nitrogens is 6. The van der Waals surface area contributed by atoms with E-state index in [2.05, 4.69) is 116 Å². The zero-order valence-corrected chi connectivity index (χ0v) is 33.4. The molecule has 5 aromatic rings. The number of aryl methyl sites for hydroxylation is 4. The molecule has 1 radical (unpaired) electrons. The van der Waals surface area contributed by atoms with Crippen LogP contribution in [0.25, 0.3) is 66.9 Å². The van der Waals surface area contributed by atoms with Crippen molar-refractivity contribution in [1.29, 1.82) is 0 Å². The van der Waals surface area contributed by atoms with Gasteiger partial charge in [-0.15, -0.1) is 0 Å². The van der Waals surface area contributed by atoms with Gasteiger partial charge in [-0.2, -0.15) is 0 Å². The van der Waals surface area contributed by atoms with E-state index in [1.165, 1.54) is 44.5 Å². The quantitative estimate of drug-likeness (QED) is 0.132. The first-order chi connectivity index (χ1) is 25.5. The Hall–Kier alpha value is -4.58. The standard InChI is InChI=1S/C46H50N6.Cu/c1-9-29-33(13-5)43-47-39(29)37(27-23-19-17-20-24-27)40-30(10-2)34(14-6)45(48-40)52-46-36(16-8)32(12-4)42(50-46)38(28-25-21-18-22-26-28)41-31(11-3)35(15-7)44(49-41)51-43;/h17-26H,9-16H2,1-8H3;/q-2;+2. The van der Waals surface area contributed by atoms with Gasteiger partial charge in [-0.1, -0.05) is 127 Å². The molecule has 0 saturated carbocycles. The fraction of sp³-hybridized carbons (Fsp3) is 0.348. The summed E-state index contributed by atoms with van der Waals surface area (Å²) in [7, 11) is 0. The molecule has 2 aliphatic rings. The molecular weight excluding hydrogens is 700 g/mol. The zero-order valence-electron chi connectivity index (χ0n) is 32.4. The number of hydrogen-bond donors (Lipinski definition) is 0. The second kappa shape index (κ2) is 16.2. The first kappa shape index (κ1) is 38.2. The van der Waals surface area contributed by atoms with Crippen molar-refractivity contribution >= 4 is 44.6 Å². The van der Waals surface area contributed by atoms with Crippen LogP contribution in [0.15, 0.2) is 60.7 Å². The van der Waals surface area contributed by atoms with E-state index in [0.717, 1.165) is 119 Å². The molecule has 0 fully saturated rings. The van der Waals surface area contributed by atoms with Crippen molar-refractivity contribution in [1.82, 2.24) is 29.9 Å². The van der Waals surface area contributed by atoms with Gasteiger partial charge in [0.15, 0.2) is 0 Å². The summed E-state index contributed by atoms with van der Waals surface area (Å²) in [5.41, 5.74) is 19.3. The minimum absolute atomic E-state index is 0. The molecule has 8 bridgehead atoms. The molecule has 5 heterocycles. The summed E-state index contributed by atoms with van der Waals surface area (Å²) >= 11 is 0. The van der Waals surface area contributed by atoms with Crippen molar-refractivity contribution in [2.24, 2.45) is 0 Å². The van der Waals surface area contributed by atoms with E-state index in [4.69, 9.17) is 29.9 Å². The third-order valence-corrected chi connectivity index (χ3v) is 10.9. The van der Waals surface area contributed by atoms with Crippen molar-refractivity contribution in [2.45, 2.75) is 107 Å². The summed E-state index contributed by atoms with van der Waals surface area (Å²) in [6, 6.07) is 21.3. The molecule has 0 aliphatic carbocycles. The van der Waals surface area contributed by atoms with Crippen LogP contribution in [0, 0.1) is 0 Å². The van der Waals surface area contributed by atoms with Crippen molar-refractivity contribution in [3.63, 3.8) is 0 Å². The summed E-state index contributed by atoms with van der Waals surface area (Å²) in [5.74, 6) is 1.53. The molecule has 7 heteroatoms. The largest absolute Gasteiger partial charge is 2.00 e. The topological polar surface area (TPSA) is 79.8 Å². The molecule has 7 rings (SSSR count). The predicted octanol–water partition coefficient (Wildman–Crippen LogP) is 11.4. The van der Waals surface area contributed by atoms with Gasteiger partial charge < -0.3 is 19.9 Å². The average Bonchev–Trinajstić information content (AvgIpc) is 3.92. The molecular formula is C46H50CuN6. The van der Waals surface area contributed by atoms with Crippen LogP contribution >= 0.6 is 0 Å². The SMILES string of the molecule is CCC1=C(CC)c2nc1nc1[n-]c(c(CC)c1CC)c(-c1ccccc1)c1nc(nc3[n-]c(c(CC)c3CC)c2-c2ccccc2)C(CC)=C1CC.[Cu+2]. The molecule has 53 heavy (non-hydrogen) atoms. The van der Waals surface area contributed by atoms with Gasteiger partial charge in [0.05, 0.1) is 23.0 Å². The Balaban J connectivity index is 0.00000481. The normalized spacial score (nSPS) is 12.8. The predicted molar refractivity (Wildman–Crippen MR) is 218 cm³/mol. The van der Waals surface area contributed by atoms with Crippen LogP contribution in [0.2, 0.25) is 0 Å². The molecule has 275 valence electrons. The molecule has 0 atom stereocenters. The average molecular weight is 750 g/mol. The maximum Gasteiger partial charge on any atom is 2.00 e. The third-order valence-electron chi connectivity index (χ3n) is 10.9. The Morgan fingerprint density at radius 1 is 0.396 bits per heavy atom. The molecule has 0 saturated heterocycles. The van der Waals surface area contributed by atoms with Crippen molar-refractivity contribution in [3.05, 3.63) is 106 Å². The van der Waals surface area contributed by atoms with Crippen LogP contribution in [0.3, 0.4) is 0 Å². The molecule has 0 unspecified atom stereocenters. The van der Waals surface area contributed by atoms with Crippen LogP contribution in [0.1, 0.15) is 126 Å². The Labute approximate surface area is 325 Å². The number of benzene rings is 2. The summed E-state index contributed by atoms with van der Waals surface area (Å²) in [6.45, 7) is 17.8. The van der Waals surface area contributed by atoms with E-state index in [0.29, 0.717) is 0 Å². The molecule has 0 amide bonds. The van der Waals surface area contributed by atoms with Gasteiger partial charge >= 0.3 is 17.1 Å². The monoisotopic (exact) mass is 749 g/mol. The Morgan fingerprint density at radius 3 is 1.04 bits per heavy atom. The molecule has 2 aliphatic heterocycles. The van der Waals surface area contributed by atoms with Gasteiger partial charge in [0, 0.05) is 11.1 Å². The van der Waals surface area contributed by atoms with Crippen LogP contribution in [-0.2, 0) is 42.8 Å². The van der Waals surface area contributed by atoms with E-state index in [9.17, 15) is 0 Å². The Kier molecular flexibility index (Phi) is 11.7. The van der Waals surface area contributed by atoms with Crippen molar-refractivity contribution in [3.8, 4) is 22.3 Å². The Bertz CT molecular complexity index is 2210. The maximum absolute atomic E-state index is 5.48. The van der Waals surface area contributed by atoms with Gasteiger partial charge in [-0.05, 0) is 118 Å². The number of rotatable bonds is 10. The second-order valence-corrected chi connectivity index (χ2v) is 13.5. The van der Waals surface area contributed by atoms with Gasteiger partial charge in [0.25, 0.3) is 0 Å². The number of fused-ring (bicyclic) bond motifs is 8. The molecule has 2 aromatic carbocycles. The molecule has 0 N–H and O–H groups in total. The fourth-order valence-electron chi connectivity index (χ4n) is 8.46. The van der Waals surface area contributed by atoms with E-state index >= 15 is 0 Å². The summed E-state index contributed by atoms with van der Waals surface area (Å²) in [6.07, 6.45) is 6.64. The Morgan fingerprint density at radius 2 is 0.736 bits per heavy atom. The smallest absolute Gasteiger partial charge is 0.435 e. The summed E-state index contributed by atoms with van der Waals surface area (Å²) in [4.78, 5) is 32.8. The fourth-order valence-corrected chi connectivity index (χ4v) is 8.46. The third kappa shape index (κ3) is 6.42. The molecule has 3 aromatic heterocycles. The van der Waals surface area contributed by atoms with Crippen LogP contribution in [0.5, 0.6) is 0 Å². The molecule has 6 nitrogen and oxygen atoms in total. The number of allylic oxidation sites excluding steroid dienone is 4. The summed E-state index contributed by atoms with van der Waals surface area (Å²) in [5, 5.41) is 0. The maximum atomic E-state index is 5.48. The van der Waals surface area contributed by atoms with Crippen LogP contribution in [-0.4, -0.2) is 19.9 Å². The van der Waals surface area contributed by atoms with Crippen LogP contribution in [0.4, 0.5) is 0 Å². The van der Waals surface area contributed by atoms with Gasteiger partial charge in [-0.25, -0.2) is 0 Å². The van der Waals surface area contributed by atoms with Gasteiger partial charge in [-0.3, -0.25) is 9.97 Å². The number of hydrogen-bond acceptors (Lipinski definition) is 4. The summed E-state index contributed by atoms with van der Waals surface area (Å²) < 4.78 is 0.